The van der Waals surface area contributed by atoms with Gasteiger partial charge in [-0.1, -0.05) is 30.3 Å². The molecule has 1 heterocycles. The number of imide groups is 1. The maximum Gasteiger partial charge on any atom is 0.344 e. The van der Waals surface area contributed by atoms with E-state index >= 15 is 0 Å². The summed E-state index contributed by atoms with van der Waals surface area (Å²) in [6, 6.07) is 16.8. The van der Waals surface area contributed by atoms with Crippen molar-refractivity contribution < 1.29 is 24.0 Å². The first-order chi connectivity index (χ1) is 14.8. The number of carbonyl (C=O) groups is 3. The number of urea groups is 1. The highest BCUT2D eigenvalue weighted by Crippen LogP contribution is 2.22. The Morgan fingerprint density at radius 3 is 2.42 bits per heavy atom. The van der Waals surface area contributed by atoms with Gasteiger partial charge in [-0.25, -0.2) is 4.79 Å². The highest BCUT2D eigenvalue weighted by Gasteiger charge is 2.48. The van der Waals surface area contributed by atoms with Gasteiger partial charge in [0.25, 0.3) is 11.8 Å². The molecule has 2 aromatic rings. The maximum atomic E-state index is 12.8. The number of nitrogens with zero attached hydrogens (tertiary/aromatic N) is 1. The lowest BCUT2D eigenvalue weighted by Crippen LogP contribution is -3.09. The molecule has 0 radical (unpaired) electrons. The van der Waals surface area contributed by atoms with Gasteiger partial charge in [-0.15, -0.1) is 0 Å². The topological polar surface area (TPSA) is 92.2 Å². The average Bonchev–Trinajstić information content (AvgIpc) is 2.97. The second-order valence-electron chi connectivity index (χ2n) is 8.08. The zero-order chi connectivity index (χ0) is 22.4. The van der Waals surface area contributed by atoms with E-state index in [0.29, 0.717) is 19.4 Å². The third kappa shape index (κ3) is 5.61. The number of amides is 4. The molecule has 2 atom stereocenters. The van der Waals surface area contributed by atoms with Crippen molar-refractivity contribution in [2.45, 2.75) is 31.8 Å². The van der Waals surface area contributed by atoms with Crippen LogP contribution in [-0.2, 0) is 22.6 Å². The number of aryl methyl sites for hydroxylation is 1. The number of benzene rings is 2. The molecule has 0 spiro atoms. The molecule has 1 saturated heterocycles. The van der Waals surface area contributed by atoms with Crippen LogP contribution in [0.25, 0.3) is 0 Å². The van der Waals surface area contributed by atoms with Crippen molar-refractivity contribution in [3.05, 3.63) is 65.7 Å². The number of carbonyl (C=O) groups excluding carboxylic acids is 3. The van der Waals surface area contributed by atoms with Crippen LogP contribution in [0.1, 0.15) is 24.5 Å². The minimum atomic E-state index is -1.05. The zero-order valence-electron chi connectivity index (χ0n) is 18.1. The van der Waals surface area contributed by atoms with Crippen molar-refractivity contribution >= 4 is 17.8 Å². The third-order valence-corrected chi connectivity index (χ3v) is 5.38. The molecule has 1 fully saturated rings. The number of likely N-dealkylation sites (N-methyl/N-ethyl adjacent to an activating group) is 1. The Balaban J connectivity index is 1.52. The first-order valence-corrected chi connectivity index (χ1v) is 10.2. The summed E-state index contributed by atoms with van der Waals surface area (Å²) < 4.78 is 5.15. The molecule has 31 heavy (non-hydrogen) atoms. The van der Waals surface area contributed by atoms with Gasteiger partial charge in [-0.3, -0.25) is 15.0 Å². The molecule has 1 aliphatic rings. The third-order valence-electron chi connectivity index (χ3n) is 5.38. The van der Waals surface area contributed by atoms with Gasteiger partial charge in [0.15, 0.2) is 6.54 Å². The summed E-state index contributed by atoms with van der Waals surface area (Å²) in [5.41, 5.74) is 3.54. The summed E-state index contributed by atoms with van der Waals surface area (Å²) in [4.78, 5) is 38.6. The van der Waals surface area contributed by atoms with E-state index in [4.69, 9.17) is 4.74 Å². The lowest BCUT2D eigenvalue weighted by atomic mass is 9.93. The summed E-state index contributed by atoms with van der Waals surface area (Å²) in [5, 5.41) is 3.51. The molecule has 3 rings (SSSR count). The number of rotatable bonds is 9. The number of nitrogens with one attached hydrogen (secondary N) is 3. The Labute approximate surface area is 182 Å². The molecular formula is C23H29N4O4+. The van der Waals surface area contributed by atoms with Crippen molar-refractivity contribution in [2.75, 3.05) is 20.7 Å². The second-order valence-corrected chi connectivity index (χ2v) is 8.08. The number of methoxy groups -OCH3 is 1. The van der Waals surface area contributed by atoms with E-state index in [1.165, 1.54) is 0 Å². The van der Waals surface area contributed by atoms with Crippen molar-refractivity contribution in [1.82, 2.24) is 15.8 Å². The maximum absolute atomic E-state index is 12.8. The molecule has 3 N–H and O–H groups in total. The van der Waals surface area contributed by atoms with Gasteiger partial charge >= 0.3 is 6.03 Å². The normalized spacial score (nSPS) is 19.1. The summed E-state index contributed by atoms with van der Waals surface area (Å²) >= 11 is 0. The van der Waals surface area contributed by atoms with Gasteiger partial charge in [0, 0.05) is 5.56 Å². The smallest absolute Gasteiger partial charge is 0.344 e. The van der Waals surface area contributed by atoms with Gasteiger partial charge in [0.1, 0.15) is 17.8 Å². The molecule has 4 amide bonds. The van der Waals surface area contributed by atoms with E-state index < -0.39 is 23.4 Å². The summed E-state index contributed by atoms with van der Waals surface area (Å²) in [6.07, 6.45) is 1.08. The SMILES string of the molecule is COc1ccc(C[NH+](C)CC(=O)NN2C(=O)N[C@@](C)(CCc3ccccc3)C2=O)cc1. The molecule has 0 aromatic heterocycles. The molecule has 8 nitrogen and oxygen atoms in total. The number of quaternary nitrogens is 1. The number of hydrogen-bond donors (Lipinski definition) is 3. The van der Waals surface area contributed by atoms with E-state index in [1.807, 2.05) is 61.6 Å². The average molecular weight is 426 g/mol. The lowest BCUT2D eigenvalue weighted by molar-refractivity contribution is -0.885. The predicted molar refractivity (Wildman–Crippen MR) is 115 cm³/mol. The Hall–Kier alpha value is -3.39. The summed E-state index contributed by atoms with van der Waals surface area (Å²) in [6.45, 7) is 2.42. The first-order valence-electron chi connectivity index (χ1n) is 10.2. The molecule has 8 heteroatoms. The molecule has 2 aromatic carbocycles. The molecule has 0 saturated carbocycles. The van der Waals surface area contributed by atoms with Crippen LogP contribution in [0.3, 0.4) is 0 Å². The Kier molecular flexibility index (Phi) is 6.91. The number of hydrazine groups is 1. The van der Waals surface area contributed by atoms with E-state index in [-0.39, 0.29) is 6.54 Å². The molecule has 1 unspecified atom stereocenters. The Bertz CT molecular complexity index is 932. The Morgan fingerprint density at radius 2 is 1.77 bits per heavy atom. The molecular weight excluding hydrogens is 396 g/mol. The predicted octanol–water partition coefficient (Wildman–Crippen LogP) is 0.684. The summed E-state index contributed by atoms with van der Waals surface area (Å²) in [5.74, 6) is -0.0792. The van der Waals surface area contributed by atoms with Gasteiger partial charge in [-0.05, 0) is 49.6 Å². The quantitative estimate of drug-likeness (QED) is 0.516. The number of hydrogen-bond acceptors (Lipinski definition) is 4. The molecule has 1 aliphatic heterocycles. The van der Waals surface area contributed by atoms with Gasteiger partial charge < -0.3 is 15.0 Å². The highest BCUT2D eigenvalue weighted by molar-refractivity contribution is 6.07. The highest BCUT2D eigenvalue weighted by atomic mass is 16.5. The zero-order valence-corrected chi connectivity index (χ0v) is 18.1. The Morgan fingerprint density at radius 1 is 1.10 bits per heavy atom. The first kappa shape index (κ1) is 22.3. The fraction of sp³-hybridized carbons (Fsp3) is 0.348. The van der Waals surface area contributed by atoms with E-state index in [1.54, 1.807) is 14.0 Å². The van der Waals surface area contributed by atoms with Gasteiger partial charge in [-0.2, -0.15) is 5.01 Å². The van der Waals surface area contributed by atoms with Crippen LogP contribution in [0.4, 0.5) is 4.79 Å². The van der Waals surface area contributed by atoms with Crippen LogP contribution in [-0.4, -0.2) is 49.1 Å². The minimum absolute atomic E-state index is 0.115. The van der Waals surface area contributed by atoms with Gasteiger partial charge in [0.05, 0.1) is 14.2 Å². The summed E-state index contributed by atoms with van der Waals surface area (Å²) in [7, 11) is 3.48. The van der Waals surface area contributed by atoms with E-state index in [9.17, 15) is 14.4 Å². The monoisotopic (exact) mass is 425 g/mol. The van der Waals surface area contributed by atoms with Crippen molar-refractivity contribution in [1.29, 1.82) is 0 Å². The molecule has 0 bridgehead atoms. The molecule has 164 valence electrons. The fourth-order valence-corrected chi connectivity index (χ4v) is 3.59. The van der Waals surface area contributed by atoms with Crippen LogP contribution < -0.4 is 20.4 Å². The lowest BCUT2D eigenvalue weighted by Gasteiger charge is -2.22. The van der Waals surface area contributed by atoms with E-state index in [2.05, 4.69) is 10.7 Å². The second kappa shape index (κ2) is 9.61. The largest absolute Gasteiger partial charge is 0.497 e. The van der Waals surface area contributed by atoms with Crippen LogP contribution >= 0.6 is 0 Å². The molecule has 0 aliphatic carbocycles. The van der Waals surface area contributed by atoms with Crippen LogP contribution in [0, 0.1) is 0 Å². The van der Waals surface area contributed by atoms with Crippen molar-refractivity contribution in [3.8, 4) is 5.75 Å². The van der Waals surface area contributed by atoms with Crippen molar-refractivity contribution in [3.63, 3.8) is 0 Å². The van der Waals surface area contributed by atoms with Gasteiger partial charge in [0.2, 0.25) is 0 Å². The fourth-order valence-electron chi connectivity index (χ4n) is 3.59. The van der Waals surface area contributed by atoms with Crippen molar-refractivity contribution in [2.24, 2.45) is 0 Å². The van der Waals surface area contributed by atoms with Crippen LogP contribution in [0.2, 0.25) is 0 Å². The van der Waals surface area contributed by atoms with Crippen LogP contribution in [0.15, 0.2) is 54.6 Å². The number of ether oxygens (including phenoxy) is 1. The minimum Gasteiger partial charge on any atom is -0.497 e. The standard InChI is InChI=1S/C23H28N4O4/c1-23(14-13-17-7-5-4-6-8-17)21(29)27(22(30)24-23)25-20(28)16-26(2)15-18-9-11-19(31-3)12-10-18/h4-12H,13-16H2,1-3H3,(H,24,30)(H,25,28)/p+1/t23-/m0/s1. The van der Waals surface area contributed by atoms with E-state index in [0.717, 1.165) is 26.8 Å². The van der Waals surface area contributed by atoms with Crippen LogP contribution in [0.5, 0.6) is 5.75 Å².